The lowest BCUT2D eigenvalue weighted by molar-refractivity contribution is 0.122. The highest BCUT2D eigenvalue weighted by molar-refractivity contribution is 5.60. The first-order chi connectivity index (χ1) is 12.7. The average Bonchev–Trinajstić information content (AvgIpc) is 3.10. The summed E-state index contributed by atoms with van der Waals surface area (Å²) in [6.45, 7) is 8.92. The molecule has 0 spiro atoms. The summed E-state index contributed by atoms with van der Waals surface area (Å²) in [7, 11) is 0. The van der Waals surface area contributed by atoms with Crippen LogP contribution in [0, 0.1) is 6.92 Å². The van der Waals surface area contributed by atoms with E-state index in [0.717, 1.165) is 41.7 Å². The highest BCUT2D eigenvalue weighted by atomic mass is 16.5. The second kappa shape index (κ2) is 7.09. The molecule has 1 aliphatic heterocycles. The van der Waals surface area contributed by atoms with Crippen molar-refractivity contribution in [3.8, 4) is 17.1 Å². The number of ether oxygens (including phenoxy) is 1. The van der Waals surface area contributed by atoms with E-state index in [0.29, 0.717) is 19.0 Å². The van der Waals surface area contributed by atoms with Crippen LogP contribution in [-0.4, -0.2) is 46.1 Å². The maximum Gasteiger partial charge on any atom is 0.159 e. The van der Waals surface area contributed by atoms with E-state index in [2.05, 4.69) is 39.6 Å². The summed E-state index contributed by atoms with van der Waals surface area (Å²) in [6, 6.07) is 14.2. The summed E-state index contributed by atoms with van der Waals surface area (Å²) in [4.78, 5) is 11.4. The van der Waals surface area contributed by atoms with Crippen molar-refractivity contribution >= 4 is 11.9 Å². The van der Waals surface area contributed by atoms with E-state index in [-0.39, 0.29) is 0 Å². The Balaban J connectivity index is 1.75. The fraction of sp³-hybridized carbons (Fsp3) is 0.250. The Hall–Kier alpha value is -2.99. The number of hydrogen-bond acceptors (Lipinski definition) is 5. The number of rotatable bonds is 4. The number of aromatic nitrogens is 4. The molecule has 6 nitrogen and oxygen atoms in total. The standard InChI is InChI=1S/C20H21N5O/c1-3-18-21-19(24-9-11-26-12-10-24)14-20(22-18)25-15(2)13-17(23-25)16-7-5-4-6-8-16/h3-8,13-14H,1,9-12H2,2H3. The molecular formula is C20H21N5O. The lowest BCUT2D eigenvalue weighted by Gasteiger charge is -2.28. The van der Waals surface area contributed by atoms with Crippen LogP contribution in [0.2, 0.25) is 0 Å². The molecule has 6 heteroatoms. The summed E-state index contributed by atoms with van der Waals surface area (Å²) < 4.78 is 7.30. The maximum atomic E-state index is 5.44. The first-order valence-corrected chi connectivity index (χ1v) is 8.71. The summed E-state index contributed by atoms with van der Waals surface area (Å²) in [5.74, 6) is 2.22. The van der Waals surface area contributed by atoms with Gasteiger partial charge in [-0.1, -0.05) is 36.9 Å². The molecule has 0 amide bonds. The third-order valence-electron chi connectivity index (χ3n) is 4.41. The van der Waals surface area contributed by atoms with Crippen molar-refractivity contribution in [3.63, 3.8) is 0 Å². The van der Waals surface area contributed by atoms with E-state index in [9.17, 15) is 0 Å². The van der Waals surface area contributed by atoms with Crippen LogP contribution in [0.4, 0.5) is 5.82 Å². The van der Waals surface area contributed by atoms with Crippen LogP contribution in [0.3, 0.4) is 0 Å². The monoisotopic (exact) mass is 347 g/mol. The molecule has 3 heterocycles. The van der Waals surface area contributed by atoms with Gasteiger partial charge in [-0.05, 0) is 19.1 Å². The summed E-state index contributed by atoms with van der Waals surface area (Å²) in [6.07, 6.45) is 1.67. The minimum absolute atomic E-state index is 0.597. The van der Waals surface area contributed by atoms with Gasteiger partial charge in [0.2, 0.25) is 0 Å². The predicted molar refractivity (Wildman–Crippen MR) is 102 cm³/mol. The van der Waals surface area contributed by atoms with Crippen LogP contribution >= 0.6 is 0 Å². The summed E-state index contributed by atoms with van der Waals surface area (Å²) in [5.41, 5.74) is 3.03. The predicted octanol–water partition coefficient (Wildman–Crippen LogP) is 3.12. The molecule has 26 heavy (non-hydrogen) atoms. The van der Waals surface area contributed by atoms with Gasteiger partial charge in [-0.15, -0.1) is 0 Å². The Morgan fingerprint density at radius 2 is 1.77 bits per heavy atom. The molecule has 1 saturated heterocycles. The molecule has 132 valence electrons. The molecule has 0 aliphatic carbocycles. The molecule has 1 aromatic carbocycles. The Morgan fingerprint density at radius 3 is 2.50 bits per heavy atom. The third-order valence-corrected chi connectivity index (χ3v) is 4.41. The second-order valence-electron chi connectivity index (χ2n) is 6.19. The van der Waals surface area contributed by atoms with Crippen molar-refractivity contribution in [2.45, 2.75) is 6.92 Å². The molecule has 1 fully saturated rings. The molecule has 0 atom stereocenters. The van der Waals surface area contributed by atoms with Gasteiger partial charge < -0.3 is 9.64 Å². The molecule has 0 radical (unpaired) electrons. The number of anilines is 1. The lowest BCUT2D eigenvalue weighted by atomic mass is 10.1. The zero-order valence-electron chi connectivity index (χ0n) is 14.8. The average molecular weight is 347 g/mol. The van der Waals surface area contributed by atoms with Crippen molar-refractivity contribution in [2.24, 2.45) is 0 Å². The van der Waals surface area contributed by atoms with E-state index in [1.54, 1.807) is 6.08 Å². The fourth-order valence-electron chi connectivity index (χ4n) is 3.05. The smallest absolute Gasteiger partial charge is 0.159 e. The number of morpholine rings is 1. The molecule has 0 unspecified atom stereocenters. The fourth-order valence-corrected chi connectivity index (χ4v) is 3.05. The van der Waals surface area contributed by atoms with Crippen molar-refractivity contribution in [3.05, 3.63) is 60.6 Å². The Morgan fingerprint density at radius 1 is 1.04 bits per heavy atom. The minimum atomic E-state index is 0.597. The summed E-state index contributed by atoms with van der Waals surface area (Å²) >= 11 is 0. The lowest BCUT2D eigenvalue weighted by Crippen LogP contribution is -2.37. The first-order valence-electron chi connectivity index (χ1n) is 8.71. The van der Waals surface area contributed by atoms with E-state index in [1.165, 1.54) is 0 Å². The van der Waals surface area contributed by atoms with E-state index >= 15 is 0 Å². The van der Waals surface area contributed by atoms with Crippen molar-refractivity contribution in [1.29, 1.82) is 0 Å². The van der Waals surface area contributed by atoms with Crippen LogP contribution in [-0.2, 0) is 4.74 Å². The van der Waals surface area contributed by atoms with E-state index in [1.807, 2.05) is 35.9 Å². The highest BCUT2D eigenvalue weighted by Crippen LogP contribution is 2.23. The van der Waals surface area contributed by atoms with Crippen molar-refractivity contribution < 1.29 is 4.74 Å². The molecule has 1 aliphatic rings. The molecule has 0 saturated carbocycles. The topological polar surface area (TPSA) is 56.1 Å². The molecule has 0 N–H and O–H groups in total. The first kappa shape index (κ1) is 16.5. The largest absolute Gasteiger partial charge is 0.378 e. The van der Waals surface area contributed by atoms with Gasteiger partial charge >= 0.3 is 0 Å². The molecule has 4 rings (SSSR count). The quantitative estimate of drug-likeness (QED) is 0.726. The normalized spacial score (nSPS) is 14.4. The maximum absolute atomic E-state index is 5.44. The van der Waals surface area contributed by atoms with Gasteiger partial charge in [-0.3, -0.25) is 0 Å². The van der Waals surface area contributed by atoms with Crippen LogP contribution in [0.15, 0.2) is 49.0 Å². The van der Waals surface area contributed by atoms with Gasteiger partial charge in [-0.2, -0.15) is 5.10 Å². The second-order valence-corrected chi connectivity index (χ2v) is 6.19. The molecule has 0 bridgehead atoms. The van der Waals surface area contributed by atoms with Crippen LogP contribution in [0.5, 0.6) is 0 Å². The molecular weight excluding hydrogens is 326 g/mol. The van der Waals surface area contributed by atoms with E-state index in [4.69, 9.17) is 9.84 Å². The Kier molecular flexibility index (Phi) is 4.50. The van der Waals surface area contributed by atoms with Crippen molar-refractivity contribution in [1.82, 2.24) is 19.7 Å². The van der Waals surface area contributed by atoms with E-state index < -0.39 is 0 Å². The van der Waals surface area contributed by atoms with Crippen molar-refractivity contribution in [2.75, 3.05) is 31.2 Å². The number of aryl methyl sites for hydroxylation is 1. The van der Waals surface area contributed by atoms with Gasteiger partial charge in [-0.25, -0.2) is 14.6 Å². The summed E-state index contributed by atoms with van der Waals surface area (Å²) in [5, 5.41) is 4.76. The Bertz CT molecular complexity index is 913. The van der Waals surface area contributed by atoms with Crippen LogP contribution in [0.1, 0.15) is 11.5 Å². The highest BCUT2D eigenvalue weighted by Gasteiger charge is 2.16. The zero-order chi connectivity index (χ0) is 17.9. The number of benzene rings is 1. The SMILES string of the molecule is C=Cc1nc(N2CCOCC2)cc(-n2nc(-c3ccccc3)cc2C)n1. The van der Waals surface area contributed by atoms with Gasteiger partial charge in [0.05, 0.1) is 18.9 Å². The number of hydrogen-bond donors (Lipinski definition) is 0. The molecule has 3 aromatic rings. The van der Waals surface area contributed by atoms with Gasteiger partial charge in [0.15, 0.2) is 11.6 Å². The van der Waals surface area contributed by atoms with Gasteiger partial charge in [0.1, 0.15) is 5.82 Å². The Labute approximate surface area is 152 Å². The minimum Gasteiger partial charge on any atom is -0.378 e. The third kappa shape index (κ3) is 3.23. The van der Waals surface area contributed by atoms with Gasteiger partial charge in [0, 0.05) is 30.4 Å². The van der Waals surface area contributed by atoms with Crippen LogP contribution in [0.25, 0.3) is 23.2 Å². The van der Waals surface area contributed by atoms with Crippen LogP contribution < -0.4 is 4.90 Å². The molecule has 2 aromatic heterocycles. The van der Waals surface area contributed by atoms with Gasteiger partial charge in [0.25, 0.3) is 0 Å². The zero-order valence-corrected chi connectivity index (χ0v) is 14.8. The number of nitrogens with zero attached hydrogens (tertiary/aromatic N) is 5.